The average molecular weight is 162 g/mol. The van der Waals surface area contributed by atoms with Crippen molar-refractivity contribution < 1.29 is 13.6 Å². The van der Waals surface area contributed by atoms with Crippen molar-refractivity contribution in [1.29, 1.82) is 0 Å². The summed E-state index contributed by atoms with van der Waals surface area (Å²) in [5, 5.41) is 0. The molecule has 0 rings (SSSR count). The first-order valence-corrected chi connectivity index (χ1v) is 3.99. The van der Waals surface area contributed by atoms with Crippen LogP contribution in [0.15, 0.2) is 0 Å². The summed E-state index contributed by atoms with van der Waals surface area (Å²) in [5.41, 5.74) is -0.800. The molecule has 0 fully saturated rings. The molecule has 0 aromatic carbocycles. The van der Waals surface area contributed by atoms with Gasteiger partial charge in [0.2, 0.25) is 0 Å². The molecule has 58 valence electrons. The summed E-state index contributed by atoms with van der Waals surface area (Å²) in [5.74, 6) is 2.33. The van der Waals surface area contributed by atoms with Gasteiger partial charge in [0.1, 0.15) is 5.60 Å². The minimum Gasteiger partial charge on any atom is -0.314 e. The van der Waals surface area contributed by atoms with Crippen LogP contribution in [0.5, 0.6) is 0 Å². The van der Waals surface area contributed by atoms with E-state index in [0.29, 0.717) is 0 Å². The molecule has 0 saturated heterocycles. The van der Waals surface area contributed by atoms with E-state index in [1.165, 1.54) is 7.11 Å². The third-order valence-corrected chi connectivity index (χ3v) is 1.86. The van der Waals surface area contributed by atoms with Crippen molar-refractivity contribution in [3.8, 4) is 12.3 Å². The molecule has 3 nitrogen and oxygen atoms in total. The van der Waals surface area contributed by atoms with Gasteiger partial charge in [-0.2, -0.15) is 0 Å². The highest BCUT2D eigenvalue weighted by atomic mass is 31.1. The van der Waals surface area contributed by atoms with Crippen molar-refractivity contribution in [2.24, 2.45) is 0 Å². The van der Waals surface area contributed by atoms with Crippen molar-refractivity contribution in [2.45, 2.75) is 19.4 Å². The van der Waals surface area contributed by atoms with Gasteiger partial charge in [-0.1, -0.05) is 5.92 Å². The summed E-state index contributed by atoms with van der Waals surface area (Å²) in [6.07, 6.45) is 5.06. The monoisotopic (exact) mass is 162 g/mol. The lowest BCUT2D eigenvalue weighted by molar-refractivity contribution is 0.152. The van der Waals surface area contributed by atoms with E-state index in [4.69, 9.17) is 10.9 Å². The lowest BCUT2D eigenvalue weighted by Gasteiger charge is -2.16. The van der Waals surface area contributed by atoms with E-state index in [1.807, 2.05) is 0 Å². The average Bonchev–Trinajstić information content (AvgIpc) is 1.87. The Morgan fingerprint density at radius 2 is 2.10 bits per heavy atom. The summed E-state index contributed by atoms with van der Waals surface area (Å²) in [6, 6.07) is 0. The van der Waals surface area contributed by atoms with Crippen molar-refractivity contribution >= 4 is 8.25 Å². The molecule has 0 aliphatic heterocycles. The normalized spacial score (nSPS) is 14.2. The van der Waals surface area contributed by atoms with Crippen LogP contribution in [0.1, 0.15) is 13.8 Å². The summed E-state index contributed by atoms with van der Waals surface area (Å²) in [6.45, 7) is 3.29. The maximum absolute atomic E-state index is 10.6. The maximum atomic E-state index is 10.6. The summed E-state index contributed by atoms with van der Waals surface area (Å²) < 4.78 is 19.9. The molecular weight excluding hydrogens is 151 g/mol. The van der Waals surface area contributed by atoms with Crippen LogP contribution in [-0.2, 0) is 13.6 Å². The van der Waals surface area contributed by atoms with Crippen LogP contribution in [0.4, 0.5) is 0 Å². The second-order valence-electron chi connectivity index (χ2n) is 2.21. The Bertz CT molecular complexity index is 168. The van der Waals surface area contributed by atoms with Gasteiger partial charge in [-0.15, -0.1) is 6.42 Å². The smallest absolute Gasteiger partial charge is 0.314 e. The molecule has 0 spiro atoms. The topological polar surface area (TPSA) is 35.5 Å². The van der Waals surface area contributed by atoms with Crippen molar-refractivity contribution in [3.63, 3.8) is 0 Å². The van der Waals surface area contributed by atoms with E-state index in [2.05, 4.69) is 10.4 Å². The molecule has 1 unspecified atom stereocenters. The van der Waals surface area contributed by atoms with Crippen LogP contribution in [-0.4, -0.2) is 12.7 Å². The number of terminal acetylenes is 1. The fourth-order valence-corrected chi connectivity index (χ4v) is 0.838. The van der Waals surface area contributed by atoms with Crippen LogP contribution in [0.25, 0.3) is 0 Å². The molecule has 0 bridgehead atoms. The lowest BCUT2D eigenvalue weighted by Crippen LogP contribution is -2.17. The second-order valence-corrected chi connectivity index (χ2v) is 3.32. The quantitative estimate of drug-likeness (QED) is 0.465. The highest BCUT2D eigenvalue weighted by molar-refractivity contribution is 7.33. The van der Waals surface area contributed by atoms with Gasteiger partial charge in [0.25, 0.3) is 0 Å². The van der Waals surface area contributed by atoms with Gasteiger partial charge in [0.15, 0.2) is 0 Å². The second kappa shape index (κ2) is 3.78. The van der Waals surface area contributed by atoms with Gasteiger partial charge in [-0.25, -0.2) is 0 Å². The molecular formula is C6H11O3P. The highest BCUT2D eigenvalue weighted by Gasteiger charge is 2.17. The van der Waals surface area contributed by atoms with Gasteiger partial charge in [0.05, 0.1) is 0 Å². The third kappa shape index (κ3) is 3.68. The number of hydrogen-bond donors (Lipinski definition) is 0. The van der Waals surface area contributed by atoms with Crippen LogP contribution in [0.2, 0.25) is 0 Å². The Balaban J connectivity index is 3.92. The molecule has 1 atom stereocenters. The lowest BCUT2D eigenvalue weighted by atomic mass is 10.2. The van der Waals surface area contributed by atoms with Gasteiger partial charge in [-0.3, -0.25) is 9.09 Å². The zero-order valence-corrected chi connectivity index (χ0v) is 7.30. The molecule has 0 aliphatic carbocycles. The Labute approximate surface area is 61.7 Å². The van der Waals surface area contributed by atoms with Crippen LogP contribution < -0.4 is 0 Å². The minimum absolute atomic E-state index is 0.800. The van der Waals surface area contributed by atoms with Crippen LogP contribution >= 0.6 is 8.25 Å². The summed E-state index contributed by atoms with van der Waals surface area (Å²) in [7, 11) is -1.08. The van der Waals surface area contributed by atoms with E-state index in [-0.39, 0.29) is 0 Å². The maximum Gasteiger partial charge on any atom is 0.320 e. The molecule has 0 amide bonds. The van der Waals surface area contributed by atoms with E-state index in [0.717, 1.165) is 0 Å². The standard InChI is InChI=1S/C6H11O3P/c1-5-6(2,3)9-10(7)8-4/h1,10H,2-4H3. The van der Waals surface area contributed by atoms with Crippen molar-refractivity contribution in [3.05, 3.63) is 0 Å². The van der Waals surface area contributed by atoms with Gasteiger partial charge >= 0.3 is 8.25 Å². The largest absolute Gasteiger partial charge is 0.320 e. The summed E-state index contributed by atoms with van der Waals surface area (Å²) in [4.78, 5) is 0. The van der Waals surface area contributed by atoms with Crippen molar-refractivity contribution in [2.75, 3.05) is 7.11 Å². The predicted molar refractivity (Wildman–Crippen MR) is 40.0 cm³/mol. The van der Waals surface area contributed by atoms with E-state index in [1.54, 1.807) is 13.8 Å². The fraction of sp³-hybridized carbons (Fsp3) is 0.667. The zero-order chi connectivity index (χ0) is 8.20. The fourth-order valence-electron chi connectivity index (χ4n) is 0.279. The first-order valence-electron chi connectivity index (χ1n) is 2.76. The SMILES string of the molecule is C#CC(C)(C)O[PH](=O)OC. The molecule has 10 heavy (non-hydrogen) atoms. The molecule has 0 heterocycles. The predicted octanol–water partition coefficient (Wildman–Crippen LogP) is 1.45. The van der Waals surface area contributed by atoms with Gasteiger partial charge in [-0.05, 0) is 13.8 Å². The zero-order valence-electron chi connectivity index (χ0n) is 6.30. The first kappa shape index (κ1) is 9.71. The number of rotatable bonds is 3. The molecule has 4 heteroatoms. The van der Waals surface area contributed by atoms with Gasteiger partial charge in [0, 0.05) is 7.11 Å². The van der Waals surface area contributed by atoms with E-state index in [9.17, 15) is 4.57 Å². The Kier molecular flexibility index (Phi) is 3.67. The van der Waals surface area contributed by atoms with Crippen molar-refractivity contribution in [1.82, 2.24) is 0 Å². The van der Waals surface area contributed by atoms with E-state index < -0.39 is 13.9 Å². The highest BCUT2D eigenvalue weighted by Crippen LogP contribution is 2.29. The molecule has 0 aromatic rings. The molecule has 0 radical (unpaired) electrons. The third-order valence-electron chi connectivity index (χ3n) is 0.853. The van der Waals surface area contributed by atoms with Crippen LogP contribution in [0, 0.1) is 12.3 Å². The Morgan fingerprint density at radius 1 is 1.60 bits per heavy atom. The molecule has 0 aromatic heterocycles. The molecule has 0 aliphatic rings. The van der Waals surface area contributed by atoms with Crippen LogP contribution in [0.3, 0.4) is 0 Å². The molecule has 0 saturated carbocycles. The number of hydrogen-bond acceptors (Lipinski definition) is 3. The van der Waals surface area contributed by atoms with E-state index >= 15 is 0 Å². The Morgan fingerprint density at radius 3 is 2.40 bits per heavy atom. The van der Waals surface area contributed by atoms with Gasteiger partial charge < -0.3 is 4.52 Å². The Hall–Kier alpha value is -0.290. The molecule has 0 N–H and O–H groups in total. The first-order chi connectivity index (χ1) is 4.52. The summed E-state index contributed by atoms with van der Waals surface area (Å²) >= 11 is 0. The minimum atomic E-state index is -2.39.